The van der Waals surface area contributed by atoms with Crippen LogP contribution in [-0.2, 0) is 0 Å². The maximum atomic E-state index is 7.11. The maximum absolute atomic E-state index is 7.11. The van der Waals surface area contributed by atoms with Gasteiger partial charge in [0.25, 0.3) is 0 Å². The van der Waals surface area contributed by atoms with Crippen LogP contribution in [0.15, 0.2) is 211 Å². The number of benzene rings is 10. The first kappa shape index (κ1) is 31.7. The summed E-state index contributed by atoms with van der Waals surface area (Å²) in [6.07, 6.45) is 0. The zero-order chi connectivity index (χ0) is 37.5. The summed E-state index contributed by atoms with van der Waals surface area (Å²) in [7, 11) is 0. The quantitative estimate of drug-likeness (QED) is 0.165. The van der Waals surface area contributed by atoms with Crippen molar-refractivity contribution < 1.29 is 4.42 Å². The molecule has 10 aromatic carbocycles. The number of furan rings is 1. The molecule has 12 aromatic rings. The molecule has 0 saturated carbocycles. The van der Waals surface area contributed by atoms with Crippen molar-refractivity contribution in [2.75, 3.05) is 4.90 Å². The molecule has 0 saturated heterocycles. The highest BCUT2D eigenvalue weighted by molar-refractivity contribution is 6.24. The molecule has 0 unspecified atom stereocenters. The second-order valence-corrected chi connectivity index (χ2v) is 14.9. The maximum Gasteiger partial charge on any atom is 0.159 e. The Hall–Kier alpha value is -7.62. The van der Waals surface area contributed by atoms with Gasteiger partial charge < -0.3 is 13.9 Å². The highest BCUT2D eigenvalue weighted by Gasteiger charge is 2.22. The molecule has 3 nitrogen and oxygen atoms in total. The van der Waals surface area contributed by atoms with E-state index in [1.54, 1.807) is 0 Å². The molecule has 266 valence electrons. The Morgan fingerprint density at radius 2 is 1.04 bits per heavy atom. The van der Waals surface area contributed by atoms with E-state index in [-0.39, 0.29) is 0 Å². The van der Waals surface area contributed by atoms with E-state index < -0.39 is 0 Å². The van der Waals surface area contributed by atoms with Gasteiger partial charge in [-0.1, -0.05) is 140 Å². The van der Waals surface area contributed by atoms with Gasteiger partial charge in [-0.2, -0.15) is 0 Å². The number of aromatic nitrogens is 1. The number of nitrogens with zero attached hydrogens (tertiary/aromatic N) is 2. The second-order valence-electron chi connectivity index (χ2n) is 14.9. The van der Waals surface area contributed by atoms with Crippen LogP contribution in [0.5, 0.6) is 0 Å². The smallest absolute Gasteiger partial charge is 0.159 e. The Kier molecular flexibility index (Phi) is 6.93. The van der Waals surface area contributed by atoms with Gasteiger partial charge in [0.2, 0.25) is 0 Å². The molecule has 0 amide bonds. The number of fused-ring (bicyclic) bond motifs is 11. The number of hydrogen-bond donors (Lipinski definition) is 0. The number of rotatable bonds is 5. The van der Waals surface area contributed by atoms with E-state index in [2.05, 4.69) is 216 Å². The lowest BCUT2D eigenvalue weighted by Gasteiger charge is -2.26. The van der Waals surface area contributed by atoms with E-state index in [1.165, 1.54) is 54.1 Å². The van der Waals surface area contributed by atoms with Gasteiger partial charge >= 0.3 is 0 Å². The van der Waals surface area contributed by atoms with Gasteiger partial charge in [-0.25, -0.2) is 0 Å². The molecule has 0 radical (unpaired) electrons. The molecule has 2 aromatic heterocycles. The SMILES string of the molecule is c1ccc(N(c2ccc3ccc4ccccc4c3c2)c2cccc3c2oc2cc(-c4ccc5c(c4)c4ccccc4n5-c4ccccc4)c4ccccc4c23)cc1. The summed E-state index contributed by atoms with van der Waals surface area (Å²) in [5, 5.41) is 12.0. The molecule has 0 aliphatic carbocycles. The van der Waals surface area contributed by atoms with Crippen molar-refractivity contribution in [2.24, 2.45) is 0 Å². The summed E-state index contributed by atoms with van der Waals surface area (Å²) in [6, 6.07) is 74.3. The lowest BCUT2D eigenvalue weighted by atomic mass is 9.94. The van der Waals surface area contributed by atoms with Crippen LogP contribution in [0, 0.1) is 0 Å². The van der Waals surface area contributed by atoms with E-state index in [0.717, 1.165) is 55.8 Å². The molecule has 0 spiro atoms. The first-order valence-corrected chi connectivity index (χ1v) is 19.5. The minimum absolute atomic E-state index is 0.859. The van der Waals surface area contributed by atoms with Crippen molar-refractivity contribution in [1.82, 2.24) is 4.57 Å². The largest absolute Gasteiger partial charge is 0.454 e. The second kappa shape index (κ2) is 12.5. The van der Waals surface area contributed by atoms with E-state index in [0.29, 0.717) is 0 Å². The summed E-state index contributed by atoms with van der Waals surface area (Å²) in [4.78, 5) is 2.34. The number of para-hydroxylation sites is 4. The van der Waals surface area contributed by atoms with Gasteiger partial charge in [0.1, 0.15) is 5.58 Å². The molecule has 2 heterocycles. The molecule has 0 bridgehead atoms. The zero-order valence-electron chi connectivity index (χ0n) is 30.9. The monoisotopic (exact) mass is 726 g/mol. The predicted octanol–water partition coefficient (Wildman–Crippen LogP) is 15.3. The van der Waals surface area contributed by atoms with Crippen LogP contribution < -0.4 is 4.90 Å². The van der Waals surface area contributed by atoms with Crippen LogP contribution in [0.25, 0.3) is 92.9 Å². The Morgan fingerprint density at radius 1 is 0.386 bits per heavy atom. The summed E-state index contributed by atoms with van der Waals surface area (Å²) < 4.78 is 9.48. The number of hydrogen-bond acceptors (Lipinski definition) is 2. The molecular formula is C54H34N2O. The van der Waals surface area contributed by atoms with Crippen LogP contribution >= 0.6 is 0 Å². The average molecular weight is 727 g/mol. The third-order valence-electron chi connectivity index (χ3n) is 11.7. The van der Waals surface area contributed by atoms with Crippen molar-refractivity contribution in [3.05, 3.63) is 206 Å². The molecular weight excluding hydrogens is 693 g/mol. The van der Waals surface area contributed by atoms with Crippen molar-refractivity contribution in [3.63, 3.8) is 0 Å². The van der Waals surface area contributed by atoms with Gasteiger partial charge in [0, 0.05) is 38.6 Å². The summed E-state index contributed by atoms with van der Waals surface area (Å²) in [5.41, 5.74) is 10.7. The molecule has 0 fully saturated rings. The minimum atomic E-state index is 0.859. The van der Waals surface area contributed by atoms with Crippen LogP contribution in [0.2, 0.25) is 0 Å². The van der Waals surface area contributed by atoms with Crippen LogP contribution in [-0.4, -0.2) is 4.57 Å². The third-order valence-corrected chi connectivity index (χ3v) is 11.7. The number of anilines is 3. The standard InChI is InChI=1S/C54H34N2O/c1-3-15-38(16-4-1)55(40-30-28-36-27-26-35-14-7-8-19-41(35)46(36)33-40)51-25-13-23-45-53-44-22-10-9-20-42(44)47(34-52(53)57-54(45)51)37-29-31-50-48(32-37)43-21-11-12-24-49(43)56(50)39-17-5-2-6-18-39/h1-34H. The molecule has 12 rings (SSSR count). The highest BCUT2D eigenvalue weighted by Crippen LogP contribution is 2.47. The van der Waals surface area contributed by atoms with Gasteiger partial charge in [-0.3, -0.25) is 0 Å². The van der Waals surface area contributed by atoms with Crippen LogP contribution in [0.1, 0.15) is 0 Å². The fraction of sp³-hybridized carbons (Fsp3) is 0. The molecule has 57 heavy (non-hydrogen) atoms. The fourth-order valence-electron chi connectivity index (χ4n) is 9.19. The first-order chi connectivity index (χ1) is 28.3. The third kappa shape index (κ3) is 4.86. The highest BCUT2D eigenvalue weighted by atomic mass is 16.3. The molecule has 0 aliphatic heterocycles. The van der Waals surface area contributed by atoms with Crippen molar-refractivity contribution in [1.29, 1.82) is 0 Å². The molecule has 0 aliphatic rings. The molecule has 0 atom stereocenters. The topological polar surface area (TPSA) is 21.3 Å². The Balaban J connectivity index is 1.09. The Bertz CT molecular complexity index is 3520. The van der Waals surface area contributed by atoms with Gasteiger partial charge in [-0.15, -0.1) is 0 Å². The van der Waals surface area contributed by atoms with E-state index >= 15 is 0 Å². The Labute approximate surface area is 328 Å². The van der Waals surface area contributed by atoms with E-state index in [4.69, 9.17) is 4.42 Å². The van der Waals surface area contributed by atoms with E-state index in [1.807, 2.05) is 0 Å². The van der Waals surface area contributed by atoms with Crippen molar-refractivity contribution >= 4 is 93.1 Å². The first-order valence-electron chi connectivity index (χ1n) is 19.5. The lowest BCUT2D eigenvalue weighted by Crippen LogP contribution is -2.10. The zero-order valence-corrected chi connectivity index (χ0v) is 30.9. The molecule has 0 N–H and O–H groups in total. The normalized spacial score (nSPS) is 11.9. The summed E-state index contributed by atoms with van der Waals surface area (Å²) in [5.74, 6) is 0. The Morgan fingerprint density at radius 3 is 1.88 bits per heavy atom. The average Bonchev–Trinajstić information content (AvgIpc) is 3.83. The summed E-state index contributed by atoms with van der Waals surface area (Å²) in [6.45, 7) is 0. The van der Waals surface area contributed by atoms with Gasteiger partial charge in [0.15, 0.2) is 5.58 Å². The van der Waals surface area contributed by atoms with Crippen LogP contribution in [0.4, 0.5) is 17.1 Å². The van der Waals surface area contributed by atoms with E-state index in [9.17, 15) is 0 Å². The summed E-state index contributed by atoms with van der Waals surface area (Å²) >= 11 is 0. The fourth-order valence-corrected chi connectivity index (χ4v) is 9.19. The minimum Gasteiger partial charge on any atom is -0.454 e. The molecule has 3 heteroatoms. The lowest BCUT2D eigenvalue weighted by molar-refractivity contribution is 0.669. The van der Waals surface area contributed by atoms with Crippen molar-refractivity contribution in [2.45, 2.75) is 0 Å². The van der Waals surface area contributed by atoms with Gasteiger partial charge in [-0.05, 0) is 110 Å². The van der Waals surface area contributed by atoms with Crippen molar-refractivity contribution in [3.8, 4) is 16.8 Å². The van der Waals surface area contributed by atoms with Crippen LogP contribution in [0.3, 0.4) is 0 Å². The van der Waals surface area contributed by atoms with Gasteiger partial charge in [0.05, 0.1) is 16.7 Å². The predicted molar refractivity (Wildman–Crippen MR) is 241 cm³/mol.